The predicted molar refractivity (Wildman–Crippen MR) is 71.0 cm³/mol. The lowest BCUT2D eigenvalue weighted by atomic mass is 10.3. The number of benzene rings is 1. The van der Waals surface area contributed by atoms with Crippen LogP contribution in [0.3, 0.4) is 0 Å². The summed E-state index contributed by atoms with van der Waals surface area (Å²) in [4.78, 5) is 11.7. The summed E-state index contributed by atoms with van der Waals surface area (Å²) in [5, 5.41) is 3.42. The number of methoxy groups -OCH3 is 1. The Morgan fingerprint density at radius 1 is 1.39 bits per heavy atom. The molecule has 0 saturated carbocycles. The highest BCUT2D eigenvalue weighted by molar-refractivity contribution is 6.30. The van der Waals surface area contributed by atoms with Gasteiger partial charge in [0, 0.05) is 25.3 Å². The van der Waals surface area contributed by atoms with Crippen molar-refractivity contribution in [2.45, 2.75) is 19.4 Å². The maximum Gasteiger partial charge on any atom is 0.260 e. The lowest BCUT2D eigenvalue weighted by Gasteiger charge is -2.14. The number of amides is 1. The van der Waals surface area contributed by atoms with Crippen LogP contribution in [0.1, 0.15) is 13.3 Å². The largest absolute Gasteiger partial charge is 0.481 e. The second-order valence-electron chi connectivity index (χ2n) is 3.85. The van der Waals surface area contributed by atoms with Crippen LogP contribution in [-0.2, 0) is 9.53 Å². The Morgan fingerprint density at radius 2 is 2.06 bits per heavy atom. The average Bonchev–Trinajstić information content (AvgIpc) is 2.37. The molecule has 0 aliphatic carbocycles. The molecule has 100 valence electrons. The molecule has 18 heavy (non-hydrogen) atoms. The number of halogens is 1. The molecule has 0 heterocycles. The molecule has 0 unspecified atom stereocenters. The van der Waals surface area contributed by atoms with E-state index in [-0.39, 0.29) is 5.91 Å². The first kappa shape index (κ1) is 14.8. The van der Waals surface area contributed by atoms with E-state index in [1.807, 2.05) is 0 Å². The van der Waals surface area contributed by atoms with Crippen LogP contribution in [-0.4, -0.2) is 32.3 Å². The summed E-state index contributed by atoms with van der Waals surface area (Å²) in [7, 11) is 1.63. The first-order valence-electron chi connectivity index (χ1n) is 5.82. The van der Waals surface area contributed by atoms with Crippen molar-refractivity contribution in [3.63, 3.8) is 0 Å². The minimum Gasteiger partial charge on any atom is -0.481 e. The molecule has 0 aliphatic heterocycles. The van der Waals surface area contributed by atoms with Crippen LogP contribution in [0, 0.1) is 0 Å². The van der Waals surface area contributed by atoms with Crippen molar-refractivity contribution in [2.24, 2.45) is 0 Å². The smallest absolute Gasteiger partial charge is 0.260 e. The zero-order valence-electron chi connectivity index (χ0n) is 10.6. The highest BCUT2D eigenvalue weighted by atomic mass is 35.5. The molecule has 1 amide bonds. The van der Waals surface area contributed by atoms with Gasteiger partial charge in [-0.3, -0.25) is 4.79 Å². The summed E-state index contributed by atoms with van der Waals surface area (Å²) < 4.78 is 10.4. The van der Waals surface area contributed by atoms with E-state index in [4.69, 9.17) is 21.1 Å². The Hall–Kier alpha value is -1.26. The Morgan fingerprint density at radius 3 is 2.67 bits per heavy atom. The van der Waals surface area contributed by atoms with E-state index in [1.165, 1.54) is 0 Å². The van der Waals surface area contributed by atoms with Gasteiger partial charge in [-0.15, -0.1) is 0 Å². The predicted octanol–water partition coefficient (Wildman–Crippen LogP) is 2.26. The van der Waals surface area contributed by atoms with Gasteiger partial charge >= 0.3 is 0 Å². The van der Waals surface area contributed by atoms with Gasteiger partial charge in [-0.05, 0) is 37.6 Å². The van der Waals surface area contributed by atoms with Gasteiger partial charge in [-0.2, -0.15) is 0 Å². The minimum atomic E-state index is -0.534. The number of carbonyl (C=O) groups is 1. The first-order valence-corrected chi connectivity index (χ1v) is 6.20. The Bertz CT molecular complexity index is 367. The van der Waals surface area contributed by atoms with Crippen LogP contribution < -0.4 is 10.1 Å². The van der Waals surface area contributed by atoms with Gasteiger partial charge in [0.1, 0.15) is 5.75 Å². The third-order valence-corrected chi connectivity index (χ3v) is 2.57. The number of ether oxygens (including phenoxy) is 2. The van der Waals surface area contributed by atoms with Crippen LogP contribution in [0.25, 0.3) is 0 Å². The van der Waals surface area contributed by atoms with Crippen molar-refractivity contribution in [2.75, 3.05) is 20.3 Å². The quantitative estimate of drug-likeness (QED) is 0.774. The van der Waals surface area contributed by atoms with Crippen molar-refractivity contribution in [1.29, 1.82) is 0 Å². The molecule has 4 nitrogen and oxygen atoms in total. The summed E-state index contributed by atoms with van der Waals surface area (Å²) >= 11 is 5.76. The van der Waals surface area contributed by atoms with Crippen molar-refractivity contribution in [3.8, 4) is 5.75 Å². The fourth-order valence-corrected chi connectivity index (χ4v) is 1.47. The summed E-state index contributed by atoms with van der Waals surface area (Å²) in [6.07, 6.45) is 0.254. The summed E-state index contributed by atoms with van der Waals surface area (Å²) in [6.45, 7) is 2.92. The average molecular weight is 272 g/mol. The van der Waals surface area contributed by atoms with Gasteiger partial charge in [0.2, 0.25) is 0 Å². The van der Waals surface area contributed by atoms with Crippen molar-refractivity contribution in [3.05, 3.63) is 29.3 Å². The molecule has 0 radical (unpaired) electrons. The van der Waals surface area contributed by atoms with Crippen LogP contribution in [0.4, 0.5) is 0 Å². The molecule has 0 fully saturated rings. The molecular formula is C13H18ClNO3. The van der Waals surface area contributed by atoms with E-state index in [2.05, 4.69) is 5.32 Å². The van der Waals surface area contributed by atoms with Crippen LogP contribution >= 0.6 is 11.6 Å². The highest BCUT2D eigenvalue weighted by Crippen LogP contribution is 2.16. The second kappa shape index (κ2) is 7.95. The number of hydrogen-bond acceptors (Lipinski definition) is 3. The topological polar surface area (TPSA) is 47.6 Å². The van der Waals surface area contributed by atoms with E-state index in [0.717, 1.165) is 6.42 Å². The van der Waals surface area contributed by atoms with Gasteiger partial charge in [-0.25, -0.2) is 0 Å². The number of rotatable bonds is 7. The molecule has 1 aromatic rings. The molecule has 1 N–H and O–H groups in total. The van der Waals surface area contributed by atoms with Gasteiger partial charge in [0.05, 0.1) is 0 Å². The van der Waals surface area contributed by atoms with Gasteiger partial charge < -0.3 is 14.8 Å². The number of nitrogens with one attached hydrogen (secondary N) is 1. The third kappa shape index (κ3) is 5.38. The van der Waals surface area contributed by atoms with E-state index in [1.54, 1.807) is 38.3 Å². The fraction of sp³-hybridized carbons (Fsp3) is 0.462. The zero-order valence-corrected chi connectivity index (χ0v) is 11.4. The SMILES string of the molecule is COCCCNC(=O)[C@H](C)Oc1ccc(Cl)cc1. The van der Waals surface area contributed by atoms with Crippen LogP contribution in [0.5, 0.6) is 5.75 Å². The van der Waals surface area contributed by atoms with E-state index < -0.39 is 6.10 Å². The van der Waals surface area contributed by atoms with Crippen molar-refractivity contribution >= 4 is 17.5 Å². The monoisotopic (exact) mass is 271 g/mol. The Kier molecular flexibility index (Phi) is 6.54. The Labute approximate surface area is 112 Å². The summed E-state index contributed by atoms with van der Waals surface area (Å²) in [5.41, 5.74) is 0. The minimum absolute atomic E-state index is 0.138. The van der Waals surface area contributed by atoms with Crippen LogP contribution in [0.15, 0.2) is 24.3 Å². The fourth-order valence-electron chi connectivity index (χ4n) is 1.34. The zero-order chi connectivity index (χ0) is 13.4. The number of hydrogen-bond donors (Lipinski definition) is 1. The molecule has 1 aromatic carbocycles. The highest BCUT2D eigenvalue weighted by Gasteiger charge is 2.13. The molecule has 0 saturated heterocycles. The van der Waals surface area contributed by atoms with E-state index in [0.29, 0.717) is 23.9 Å². The molecule has 0 aliphatic rings. The van der Waals surface area contributed by atoms with Gasteiger partial charge in [-0.1, -0.05) is 11.6 Å². The third-order valence-electron chi connectivity index (χ3n) is 2.32. The molecule has 1 atom stereocenters. The molecule has 0 spiro atoms. The summed E-state index contributed by atoms with van der Waals surface area (Å²) in [6, 6.07) is 6.91. The maximum absolute atomic E-state index is 11.7. The lowest BCUT2D eigenvalue weighted by molar-refractivity contribution is -0.127. The summed E-state index contributed by atoms with van der Waals surface area (Å²) in [5.74, 6) is 0.486. The molecule has 1 rings (SSSR count). The Balaban J connectivity index is 2.33. The molecule has 0 bridgehead atoms. The van der Waals surface area contributed by atoms with Crippen LogP contribution in [0.2, 0.25) is 5.02 Å². The van der Waals surface area contributed by atoms with E-state index >= 15 is 0 Å². The molecule has 0 aromatic heterocycles. The standard InChI is InChI=1S/C13H18ClNO3/c1-10(13(16)15-8-3-9-17-2)18-12-6-4-11(14)5-7-12/h4-7,10H,3,8-9H2,1-2H3,(H,15,16)/t10-/m0/s1. The normalized spacial score (nSPS) is 11.9. The van der Waals surface area contributed by atoms with Gasteiger partial charge in [0.25, 0.3) is 5.91 Å². The first-order chi connectivity index (χ1) is 8.63. The lowest BCUT2D eigenvalue weighted by Crippen LogP contribution is -2.37. The number of carbonyl (C=O) groups excluding carboxylic acids is 1. The van der Waals surface area contributed by atoms with Crippen molar-refractivity contribution < 1.29 is 14.3 Å². The van der Waals surface area contributed by atoms with E-state index in [9.17, 15) is 4.79 Å². The van der Waals surface area contributed by atoms with Crippen molar-refractivity contribution in [1.82, 2.24) is 5.32 Å². The van der Waals surface area contributed by atoms with Gasteiger partial charge in [0.15, 0.2) is 6.10 Å². The molecule has 5 heteroatoms. The maximum atomic E-state index is 11.7. The second-order valence-corrected chi connectivity index (χ2v) is 4.29. The molecular weight excluding hydrogens is 254 g/mol.